The molecule has 1 N–H and O–H groups in total. The summed E-state index contributed by atoms with van der Waals surface area (Å²) in [7, 11) is 0. The largest absolute Gasteiger partial charge is 0.480 e. The third-order valence-corrected chi connectivity index (χ3v) is 5.71. The number of para-hydroxylation sites is 1. The molecule has 0 aromatic heterocycles. The maximum absolute atomic E-state index is 11.6. The van der Waals surface area contributed by atoms with Gasteiger partial charge in [0.25, 0.3) is 0 Å². The zero-order valence-electron chi connectivity index (χ0n) is 15.1. The maximum atomic E-state index is 11.6. The van der Waals surface area contributed by atoms with Gasteiger partial charge in [0.15, 0.2) is 0 Å². The van der Waals surface area contributed by atoms with Crippen molar-refractivity contribution in [2.45, 2.75) is 37.8 Å². The fourth-order valence-corrected chi connectivity index (χ4v) is 4.30. The Morgan fingerprint density at radius 1 is 1.33 bits per heavy atom. The normalized spacial score (nSPS) is 25.0. The molecule has 4 rings (SSSR count). The molecule has 0 saturated carbocycles. The lowest BCUT2D eigenvalue weighted by atomic mass is 9.76. The lowest BCUT2D eigenvalue weighted by Gasteiger charge is -2.47. The van der Waals surface area contributed by atoms with E-state index in [9.17, 15) is 20.0 Å². The summed E-state index contributed by atoms with van der Waals surface area (Å²) in [6, 6.07) is 7.71. The molecule has 2 aliphatic heterocycles. The molecule has 1 aliphatic carbocycles. The number of ether oxygens (including phenoxy) is 1. The highest BCUT2D eigenvalue weighted by molar-refractivity contribution is 5.79. The Morgan fingerprint density at radius 3 is 2.78 bits per heavy atom. The highest BCUT2D eigenvalue weighted by atomic mass is 16.6. The van der Waals surface area contributed by atoms with Gasteiger partial charge in [0.2, 0.25) is 11.4 Å². The van der Waals surface area contributed by atoms with Crippen LogP contribution in [0.2, 0.25) is 0 Å². The Bertz CT molecular complexity index is 943. The van der Waals surface area contributed by atoms with Crippen LogP contribution in [0, 0.1) is 10.1 Å². The van der Waals surface area contributed by atoms with E-state index in [-0.39, 0.29) is 17.2 Å². The maximum Gasteiger partial charge on any atom is 0.323 e. The van der Waals surface area contributed by atoms with Crippen LogP contribution in [0.4, 0.5) is 5.69 Å². The van der Waals surface area contributed by atoms with E-state index in [1.54, 1.807) is 11.0 Å². The smallest absolute Gasteiger partial charge is 0.323 e. The Morgan fingerprint density at radius 2 is 2.07 bits per heavy atom. The summed E-state index contributed by atoms with van der Waals surface area (Å²) in [5.74, 6) is -0.280. The van der Waals surface area contributed by atoms with Gasteiger partial charge in [-0.25, -0.2) is 0 Å². The van der Waals surface area contributed by atoms with E-state index in [1.807, 2.05) is 50.3 Å². The second kappa shape index (κ2) is 5.70. The first-order valence-electron chi connectivity index (χ1n) is 8.81. The number of carboxylic acid groups (broad SMARTS) is 1. The highest BCUT2D eigenvalue weighted by Crippen LogP contribution is 2.55. The van der Waals surface area contributed by atoms with Crippen molar-refractivity contribution in [1.29, 1.82) is 0 Å². The minimum Gasteiger partial charge on any atom is -0.480 e. The van der Waals surface area contributed by atoms with E-state index in [2.05, 4.69) is 0 Å². The van der Waals surface area contributed by atoms with Gasteiger partial charge in [0.1, 0.15) is 12.3 Å². The molecule has 7 heteroatoms. The summed E-state index contributed by atoms with van der Waals surface area (Å²) in [6.07, 6.45) is 5.92. The molecule has 2 heterocycles. The summed E-state index contributed by atoms with van der Waals surface area (Å²) in [4.78, 5) is 24.1. The van der Waals surface area contributed by atoms with Gasteiger partial charge in [0.05, 0.1) is 10.3 Å². The number of hydrogen-bond acceptors (Lipinski definition) is 5. The molecule has 0 fully saturated rings. The third-order valence-electron chi connectivity index (χ3n) is 5.71. The average molecular weight is 368 g/mol. The molecule has 0 radical (unpaired) electrons. The zero-order valence-corrected chi connectivity index (χ0v) is 15.1. The number of rotatable bonds is 3. The first-order valence-corrected chi connectivity index (χ1v) is 8.81. The van der Waals surface area contributed by atoms with E-state index in [0.717, 1.165) is 11.3 Å². The third kappa shape index (κ3) is 2.38. The first kappa shape index (κ1) is 17.3. The molecule has 0 amide bonds. The number of fused-ring (bicyclic) bond motifs is 1. The van der Waals surface area contributed by atoms with Gasteiger partial charge in [-0.05, 0) is 37.6 Å². The van der Waals surface area contributed by atoms with E-state index in [1.165, 1.54) is 0 Å². The average Bonchev–Trinajstić information content (AvgIpc) is 2.80. The van der Waals surface area contributed by atoms with Crippen LogP contribution in [0.3, 0.4) is 0 Å². The van der Waals surface area contributed by atoms with Gasteiger partial charge >= 0.3 is 5.97 Å². The predicted molar refractivity (Wildman–Crippen MR) is 98.7 cm³/mol. The molecular formula is C20H20N2O5. The molecule has 1 spiro atoms. The van der Waals surface area contributed by atoms with Gasteiger partial charge < -0.3 is 14.7 Å². The molecule has 0 saturated heterocycles. The van der Waals surface area contributed by atoms with Crippen LogP contribution in [-0.2, 0) is 14.9 Å². The van der Waals surface area contributed by atoms with Crippen molar-refractivity contribution >= 4 is 11.7 Å². The number of hydrogen-bond donors (Lipinski definition) is 1. The van der Waals surface area contributed by atoms with Crippen molar-refractivity contribution in [3.63, 3.8) is 0 Å². The van der Waals surface area contributed by atoms with Crippen molar-refractivity contribution in [2.24, 2.45) is 0 Å². The van der Waals surface area contributed by atoms with Crippen molar-refractivity contribution in [2.75, 3.05) is 11.4 Å². The Labute approximate surface area is 156 Å². The summed E-state index contributed by atoms with van der Waals surface area (Å²) >= 11 is 0. The van der Waals surface area contributed by atoms with Crippen LogP contribution in [0.15, 0.2) is 59.5 Å². The minimum absolute atomic E-state index is 0.161. The van der Waals surface area contributed by atoms with Gasteiger partial charge in [0, 0.05) is 30.2 Å². The molecule has 1 atom stereocenters. The predicted octanol–water partition coefficient (Wildman–Crippen LogP) is 3.36. The number of benzene rings is 1. The minimum atomic E-state index is -0.992. The van der Waals surface area contributed by atoms with Crippen molar-refractivity contribution in [1.82, 2.24) is 0 Å². The first-order chi connectivity index (χ1) is 12.8. The summed E-state index contributed by atoms with van der Waals surface area (Å²) in [5.41, 5.74) is 1.18. The summed E-state index contributed by atoms with van der Waals surface area (Å²) < 4.78 is 6.47. The summed E-state index contributed by atoms with van der Waals surface area (Å²) in [5, 5.41) is 20.6. The molecule has 140 valence electrons. The summed E-state index contributed by atoms with van der Waals surface area (Å²) in [6.45, 7) is 3.86. The van der Waals surface area contributed by atoms with Crippen molar-refractivity contribution in [3.8, 4) is 0 Å². The lowest BCUT2D eigenvalue weighted by Crippen LogP contribution is -2.58. The van der Waals surface area contributed by atoms with E-state index in [4.69, 9.17) is 4.74 Å². The lowest BCUT2D eigenvalue weighted by molar-refractivity contribution is -0.428. The van der Waals surface area contributed by atoms with Crippen LogP contribution >= 0.6 is 0 Å². The molecule has 3 aliphatic rings. The standard InChI is InChI=1S/C20H20N2O5/c1-19(2)15-5-3-4-6-16(15)21(12-18(23)24)20(19)10-9-13-11-14(22(25)26)7-8-17(13)27-20/h3-6,9-11H,7-8,12H2,1-2H3,(H,23,24). The molecule has 1 unspecified atom stereocenters. The molecule has 0 bridgehead atoms. The fourth-order valence-electron chi connectivity index (χ4n) is 4.30. The molecule has 1 aromatic rings. The monoisotopic (exact) mass is 368 g/mol. The zero-order chi connectivity index (χ0) is 19.4. The Balaban J connectivity index is 1.82. The SMILES string of the molecule is CC1(C)c2ccccc2N(CC(=O)O)C12C=CC1=C(CCC([N+](=O)[O-])=C1)O2. The Hall–Kier alpha value is -3.09. The second-order valence-corrected chi connectivity index (χ2v) is 7.53. The molecular weight excluding hydrogens is 348 g/mol. The fraction of sp³-hybridized carbons (Fsp3) is 0.350. The van der Waals surface area contributed by atoms with Crippen molar-refractivity contribution < 1.29 is 19.6 Å². The number of nitro groups is 1. The van der Waals surface area contributed by atoms with E-state index in [0.29, 0.717) is 24.2 Å². The van der Waals surface area contributed by atoms with E-state index >= 15 is 0 Å². The number of aliphatic carboxylic acids is 1. The number of carboxylic acids is 1. The van der Waals surface area contributed by atoms with Crippen LogP contribution in [0.1, 0.15) is 32.3 Å². The molecule has 1 aromatic carbocycles. The topological polar surface area (TPSA) is 92.9 Å². The number of nitrogens with zero attached hydrogens (tertiary/aromatic N) is 2. The van der Waals surface area contributed by atoms with Crippen LogP contribution < -0.4 is 4.90 Å². The number of anilines is 1. The van der Waals surface area contributed by atoms with Gasteiger partial charge in [-0.15, -0.1) is 0 Å². The molecule has 27 heavy (non-hydrogen) atoms. The van der Waals surface area contributed by atoms with E-state index < -0.39 is 17.1 Å². The van der Waals surface area contributed by atoms with Gasteiger partial charge in [-0.1, -0.05) is 18.2 Å². The number of carbonyl (C=O) groups is 1. The molecule has 7 nitrogen and oxygen atoms in total. The van der Waals surface area contributed by atoms with Gasteiger partial charge in [-0.2, -0.15) is 0 Å². The van der Waals surface area contributed by atoms with Crippen LogP contribution in [0.5, 0.6) is 0 Å². The van der Waals surface area contributed by atoms with Crippen molar-refractivity contribution in [3.05, 3.63) is 75.2 Å². The van der Waals surface area contributed by atoms with Crippen LogP contribution in [0.25, 0.3) is 0 Å². The Kier molecular flexibility index (Phi) is 3.66. The second-order valence-electron chi connectivity index (χ2n) is 7.53. The highest BCUT2D eigenvalue weighted by Gasteiger charge is 2.59. The number of allylic oxidation sites excluding steroid dienone is 5. The van der Waals surface area contributed by atoms with Crippen LogP contribution in [-0.4, -0.2) is 28.3 Å². The van der Waals surface area contributed by atoms with Gasteiger partial charge in [-0.3, -0.25) is 14.9 Å². The quantitative estimate of drug-likeness (QED) is 0.650.